The monoisotopic (exact) mass is 514 g/mol. The Bertz CT molecular complexity index is 466. The predicted octanol–water partition coefficient (Wildman–Crippen LogP) is 0.289. The van der Waals surface area contributed by atoms with Crippen LogP contribution in [0.3, 0.4) is 0 Å². The molecular weight excluding hydrogens is 456 g/mol. The molecule has 2 atom stereocenters. The van der Waals surface area contributed by atoms with Crippen LogP contribution in [0.15, 0.2) is 0 Å². The van der Waals surface area contributed by atoms with Crippen LogP contribution in [0.25, 0.3) is 0 Å². The summed E-state index contributed by atoms with van der Waals surface area (Å²) in [5, 5.41) is 12.7. The smallest absolute Gasteiger partial charge is 0.237 e. The molecule has 2 unspecified atom stereocenters. The van der Waals surface area contributed by atoms with Crippen molar-refractivity contribution < 1.29 is 9.59 Å². The van der Waals surface area contributed by atoms with E-state index in [1.807, 2.05) is 0 Å². The number of carbonyl (C=O) groups is 2. The minimum Gasteiger partial charge on any atom is -0.354 e. The van der Waals surface area contributed by atoms with Crippen molar-refractivity contribution in [1.82, 2.24) is 21.3 Å². The Morgan fingerprint density at radius 1 is 0.500 bits per heavy atom. The lowest BCUT2D eigenvalue weighted by molar-refractivity contribution is -0.126. The van der Waals surface area contributed by atoms with Crippen molar-refractivity contribution in [1.29, 1.82) is 0 Å². The van der Waals surface area contributed by atoms with Crippen molar-refractivity contribution in [3.63, 3.8) is 0 Å². The number of nitrogens with one attached hydrogen (secondary N) is 4. The first-order valence-corrected chi connectivity index (χ1v) is 14.4. The van der Waals surface area contributed by atoms with E-state index in [-0.39, 0.29) is 23.8 Å². The van der Waals surface area contributed by atoms with Crippen molar-refractivity contribution in [2.24, 2.45) is 28.9 Å². The zero-order chi connectivity index (χ0) is 26.7. The molecule has 0 saturated heterocycles. The van der Waals surface area contributed by atoms with Gasteiger partial charge < -0.3 is 44.2 Å². The zero-order valence-electron chi connectivity index (χ0n) is 22.8. The molecular formula is C26H58N8O2. The summed E-state index contributed by atoms with van der Waals surface area (Å²) in [6, 6.07) is -0.224. The lowest BCUT2D eigenvalue weighted by Crippen LogP contribution is -2.47. The van der Waals surface area contributed by atoms with Gasteiger partial charge in [-0.25, -0.2) is 0 Å². The van der Waals surface area contributed by atoms with Crippen LogP contribution in [-0.4, -0.2) is 76.8 Å². The molecule has 0 aliphatic heterocycles. The summed E-state index contributed by atoms with van der Waals surface area (Å²) >= 11 is 0. The first-order valence-electron chi connectivity index (χ1n) is 14.4. The number of rotatable bonds is 27. The molecule has 214 valence electrons. The standard InChI is InChI=1S/C26H58N8O2/c27-14-6-3-1-2-4-13-24(32-20-10-17-30)26(36)34-22-21-33-25(35)23(11-5-7-15-28)12-8-18-31-19-9-16-29/h23-24,31-32H,1-22,27-30H2,(H,33,35)(H,34,36). The summed E-state index contributed by atoms with van der Waals surface area (Å²) < 4.78 is 0. The first kappa shape index (κ1) is 34.7. The van der Waals surface area contributed by atoms with Gasteiger partial charge in [0, 0.05) is 19.0 Å². The molecule has 0 radical (unpaired) electrons. The quantitative estimate of drug-likeness (QED) is 0.0718. The van der Waals surface area contributed by atoms with Crippen LogP contribution in [-0.2, 0) is 9.59 Å². The third-order valence-corrected chi connectivity index (χ3v) is 6.35. The molecule has 0 heterocycles. The maximum absolute atomic E-state index is 12.8. The third-order valence-electron chi connectivity index (χ3n) is 6.35. The van der Waals surface area contributed by atoms with Gasteiger partial charge in [0.25, 0.3) is 0 Å². The Kier molecular flexibility index (Phi) is 25.8. The maximum Gasteiger partial charge on any atom is 0.237 e. The highest BCUT2D eigenvalue weighted by Crippen LogP contribution is 2.15. The summed E-state index contributed by atoms with van der Waals surface area (Å²) in [6.07, 6.45) is 12.6. The average Bonchev–Trinajstić information content (AvgIpc) is 2.88. The van der Waals surface area contributed by atoms with Crippen molar-refractivity contribution in [2.45, 2.75) is 89.5 Å². The zero-order valence-corrected chi connectivity index (χ0v) is 22.8. The average molecular weight is 515 g/mol. The van der Waals surface area contributed by atoms with E-state index in [0.717, 1.165) is 110 Å². The highest BCUT2D eigenvalue weighted by molar-refractivity contribution is 5.82. The van der Waals surface area contributed by atoms with Gasteiger partial charge in [-0.1, -0.05) is 32.1 Å². The van der Waals surface area contributed by atoms with E-state index in [2.05, 4.69) is 21.3 Å². The SMILES string of the molecule is NCCCCCCCC(NCCCN)C(=O)NCCNC(=O)C(CCCCN)CCCNCCCN. The minimum absolute atomic E-state index is 0.00808. The number of amides is 2. The van der Waals surface area contributed by atoms with Gasteiger partial charge in [0.05, 0.1) is 6.04 Å². The van der Waals surface area contributed by atoms with Gasteiger partial charge >= 0.3 is 0 Å². The lowest BCUT2D eigenvalue weighted by Gasteiger charge is -2.20. The lowest BCUT2D eigenvalue weighted by atomic mass is 9.95. The fraction of sp³-hybridized carbons (Fsp3) is 0.923. The van der Waals surface area contributed by atoms with Crippen molar-refractivity contribution in [3.05, 3.63) is 0 Å². The summed E-state index contributed by atoms with van der Waals surface area (Å²) in [7, 11) is 0. The van der Waals surface area contributed by atoms with Gasteiger partial charge in [-0.2, -0.15) is 0 Å². The van der Waals surface area contributed by atoms with Crippen LogP contribution in [0, 0.1) is 5.92 Å². The number of hydrogen-bond acceptors (Lipinski definition) is 8. The Hall–Kier alpha value is -1.30. The molecule has 0 aliphatic rings. The van der Waals surface area contributed by atoms with Crippen molar-refractivity contribution in [3.8, 4) is 0 Å². The molecule has 0 bridgehead atoms. The van der Waals surface area contributed by atoms with E-state index in [9.17, 15) is 9.59 Å². The van der Waals surface area contributed by atoms with Crippen molar-refractivity contribution in [2.75, 3.05) is 58.9 Å². The highest BCUT2D eigenvalue weighted by Gasteiger charge is 2.19. The van der Waals surface area contributed by atoms with Crippen LogP contribution in [0.2, 0.25) is 0 Å². The molecule has 12 N–H and O–H groups in total. The molecule has 0 aromatic heterocycles. The predicted molar refractivity (Wildman–Crippen MR) is 150 cm³/mol. The first-order chi connectivity index (χ1) is 17.6. The second-order valence-corrected chi connectivity index (χ2v) is 9.59. The van der Waals surface area contributed by atoms with Crippen LogP contribution >= 0.6 is 0 Å². The fourth-order valence-corrected chi connectivity index (χ4v) is 4.13. The van der Waals surface area contributed by atoms with Crippen LogP contribution in [0.4, 0.5) is 0 Å². The van der Waals surface area contributed by atoms with Gasteiger partial charge in [-0.3, -0.25) is 9.59 Å². The highest BCUT2D eigenvalue weighted by atomic mass is 16.2. The Morgan fingerprint density at radius 3 is 1.69 bits per heavy atom. The van der Waals surface area contributed by atoms with E-state index in [4.69, 9.17) is 22.9 Å². The maximum atomic E-state index is 12.8. The number of nitrogens with two attached hydrogens (primary N) is 4. The van der Waals surface area contributed by atoms with Gasteiger partial charge in [0.15, 0.2) is 0 Å². The van der Waals surface area contributed by atoms with Crippen LogP contribution in [0.1, 0.15) is 83.5 Å². The van der Waals surface area contributed by atoms with Crippen LogP contribution in [0.5, 0.6) is 0 Å². The largest absolute Gasteiger partial charge is 0.354 e. The van der Waals surface area contributed by atoms with Gasteiger partial charge in [0.2, 0.25) is 11.8 Å². The van der Waals surface area contributed by atoms with E-state index >= 15 is 0 Å². The van der Waals surface area contributed by atoms with Gasteiger partial charge in [-0.05, 0) is 97.2 Å². The molecule has 0 spiro atoms. The molecule has 0 saturated carbocycles. The molecule has 2 amide bonds. The minimum atomic E-state index is -0.224. The molecule has 0 rings (SSSR count). The molecule has 0 aliphatic carbocycles. The number of hydrogen-bond donors (Lipinski definition) is 8. The molecule has 10 heteroatoms. The summed E-state index contributed by atoms with van der Waals surface area (Å²) in [6.45, 7) is 6.06. The number of unbranched alkanes of at least 4 members (excludes halogenated alkanes) is 5. The molecule has 36 heavy (non-hydrogen) atoms. The van der Waals surface area contributed by atoms with E-state index in [1.165, 1.54) is 0 Å². The second kappa shape index (κ2) is 26.8. The van der Waals surface area contributed by atoms with Crippen LogP contribution < -0.4 is 44.2 Å². The number of carbonyl (C=O) groups excluding carboxylic acids is 2. The Balaban J connectivity index is 4.40. The summed E-state index contributed by atoms with van der Waals surface area (Å²) in [5.74, 6) is 0.0399. The summed E-state index contributed by atoms with van der Waals surface area (Å²) in [4.78, 5) is 25.5. The molecule has 0 aromatic carbocycles. The van der Waals surface area contributed by atoms with Gasteiger partial charge in [0.1, 0.15) is 0 Å². The van der Waals surface area contributed by atoms with E-state index in [1.54, 1.807) is 0 Å². The van der Waals surface area contributed by atoms with E-state index in [0.29, 0.717) is 32.7 Å². The molecule has 0 aromatic rings. The third kappa shape index (κ3) is 20.8. The Labute approximate surface area is 220 Å². The van der Waals surface area contributed by atoms with Gasteiger partial charge in [-0.15, -0.1) is 0 Å². The Morgan fingerprint density at radius 2 is 1.00 bits per heavy atom. The van der Waals surface area contributed by atoms with E-state index < -0.39 is 0 Å². The summed E-state index contributed by atoms with van der Waals surface area (Å²) in [5.41, 5.74) is 22.3. The molecule has 0 fully saturated rings. The molecule has 10 nitrogen and oxygen atoms in total. The topological polar surface area (TPSA) is 186 Å². The normalized spacial score (nSPS) is 12.9. The fourth-order valence-electron chi connectivity index (χ4n) is 4.13. The van der Waals surface area contributed by atoms with Crippen molar-refractivity contribution >= 4 is 11.8 Å². The second-order valence-electron chi connectivity index (χ2n) is 9.59.